The lowest BCUT2D eigenvalue weighted by atomic mass is 10.0. The van der Waals surface area contributed by atoms with Gasteiger partial charge in [-0.05, 0) is 24.0 Å². The van der Waals surface area contributed by atoms with E-state index in [-0.39, 0.29) is 23.9 Å². The molecule has 0 radical (unpaired) electrons. The van der Waals surface area contributed by atoms with Crippen LogP contribution in [-0.2, 0) is 16.0 Å². The molecule has 19 heavy (non-hydrogen) atoms. The van der Waals surface area contributed by atoms with Gasteiger partial charge in [-0.15, -0.1) is 0 Å². The fraction of sp³-hybridized carbons (Fsp3) is 0.533. The number of ether oxygens (including phenoxy) is 1. The molecule has 3 unspecified atom stereocenters. The van der Waals surface area contributed by atoms with Crippen molar-refractivity contribution in [3.63, 3.8) is 0 Å². The summed E-state index contributed by atoms with van der Waals surface area (Å²) in [5.74, 6) is -0.0653. The van der Waals surface area contributed by atoms with Gasteiger partial charge < -0.3 is 15.4 Å². The third-order valence-corrected chi connectivity index (χ3v) is 4.36. The Morgan fingerprint density at radius 3 is 2.89 bits per heavy atom. The molecule has 1 fully saturated rings. The maximum Gasteiger partial charge on any atom is 0.229 e. The van der Waals surface area contributed by atoms with E-state index >= 15 is 0 Å². The molecular weight excluding hydrogens is 240 g/mol. The molecule has 1 aromatic rings. The number of fused-ring (bicyclic) bond motifs is 1. The molecule has 4 heteroatoms. The molecule has 1 aliphatic carbocycles. The molecule has 0 spiro atoms. The van der Waals surface area contributed by atoms with Crippen LogP contribution in [0.25, 0.3) is 0 Å². The molecule has 4 nitrogen and oxygen atoms in total. The predicted molar refractivity (Wildman–Crippen MR) is 72.6 cm³/mol. The third kappa shape index (κ3) is 2.15. The second kappa shape index (κ2) is 4.94. The number of hydrogen-bond donors (Lipinski definition) is 1. The third-order valence-electron chi connectivity index (χ3n) is 4.36. The maximum absolute atomic E-state index is 12.5. The average Bonchev–Trinajstić information content (AvgIpc) is 3.03. The molecule has 0 bridgehead atoms. The summed E-state index contributed by atoms with van der Waals surface area (Å²) >= 11 is 0. The number of nitrogens with zero attached hydrogens (tertiary/aromatic N) is 1. The van der Waals surface area contributed by atoms with Gasteiger partial charge in [-0.2, -0.15) is 0 Å². The van der Waals surface area contributed by atoms with Crippen molar-refractivity contribution < 1.29 is 9.53 Å². The second-order valence-electron chi connectivity index (χ2n) is 5.51. The molecule has 2 N–H and O–H groups in total. The first-order chi connectivity index (χ1) is 9.18. The highest BCUT2D eigenvalue weighted by Crippen LogP contribution is 2.35. The molecular formula is C15H20N2O2. The molecule has 3 atom stereocenters. The Kier molecular flexibility index (Phi) is 3.29. The van der Waals surface area contributed by atoms with Crippen LogP contribution in [0.1, 0.15) is 23.6 Å². The fourth-order valence-corrected chi connectivity index (χ4v) is 3.18. The van der Waals surface area contributed by atoms with E-state index in [1.807, 2.05) is 18.0 Å². The van der Waals surface area contributed by atoms with Crippen LogP contribution in [0.5, 0.6) is 0 Å². The highest BCUT2D eigenvalue weighted by Gasteiger charge is 2.37. The van der Waals surface area contributed by atoms with Crippen molar-refractivity contribution in [1.82, 2.24) is 4.90 Å². The van der Waals surface area contributed by atoms with E-state index in [0.717, 1.165) is 12.8 Å². The number of nitrogens with two attached hydrogens (primary N) is 1. The van der Waals surface area contributed by atoms with Crippen LogP contribution >= 0.6 is 0 Å². The van der Waals surface area contributed by atoms with Gasteiger partial charge in [-0.1, -0.05) is 24.3 Å². The van der Waals surface area contributed by atoms with Gasteiger partial charge in [0.05, 0.1) is 25.2 Å². The summed E-state index contributed by atoms with van der Waals surface area (Å²) in [5.41, 5.74) is 8.58. The Morgan fingerprint density at radius 2 is 2.16 bits per heavy atom. The van der Waals surface area contributed by atoms with Gasteiger partial charge in [0.15, 0.2) is 0 Å². The molecule has 3 rings (SSSR count). The van der Waals surface area contributed by atoms with Crippen molar-refractivity contribution in [2.75, 3.05) is 20.3 Å². The van der Waals surface area contributed by atoms with Crippen molar-refractivity contribution in [2.45, 2.75) is 24.9 Å². The van der Waals surface area contributed by atoms with E-state index in [1.54, 1.807) is 0 Å². The van der Waals surface area contributed by atoms with Crippen LogP contribution in [0.2, 0.25) is 0 Å². The minimum atomic E-state index is -0.183. The van der Waals surface area contributed by atoms with Crippen LogP contribution in [0, 0.1) is 5.92 Å². The Balaban J connectivity index is 1.78. The first kappa shape index (κ1) is 12.6. The van der Waals surface area contributed by atoms with Gasteiger partial charge >= 0.3 is 0 Å². The van der Waals surface area contributed by atoms with Gasteiger partial charge in [-0.25, -0.2) is 0 Å². The molecule has 0 saturated carbocycles. The summed E-state index contributed by atoms with van der Waals surface area (Å²) in [7, 11) is 1.89. The lowest BCUT2D eigenvalue weighted by Gasteiger charge is -2.28. The summed E-state index contributed by atoms with van der Waals surface area (Å²) in [6.07, 6.45) is 2.05. The molecule has 1 heterocycles. The standard InChI is InChI=1S/C15H20N2O2/c1-17(15(18)12-8-19-9-13(12)16)14-7-6-10-4-2-3-5-11(10)14/h2-5,12-14H,6-9,16H2,1H3. The lowest BCUT2D eigenvalue weighted by molar-refractivity contribution is -0.136. The molecule has 1 aliphatic heterocycles. The summed E-state index contributed by atoms with van der Waals surface area (Å²) in [6.45, 7) is 0.949. The van der Waals surface area contributed by atoms with Crippen LogP contribution in [0.4, 0.5) is 0 Å². The predicted octanol–water partition coefficient (Wildman–Crippen LogP) is 1.11. The Labute approximate surface area is 113 Å². The van der Waals surface area contributed by atoms with Crippen LogP contribution in [0.15, 0.2) is 24.3 Å². The monoisotopic (exact) mass is 260 g/mol. The molecule has 1 aromatic carbocycles. The first-order valence-corrected chi connectivity index (χ1v) is 6.86. The number of aryl methyl sites for hydroxylation is 1. The van der Waals surface area contributed by atoms with Crippen LogP contribution in [-0.4, -0.2) is 37.1 Å². The molecule has 1 saturated heterocycles. The van der Waals surface area contributed by atoms with E-state index in [0.29, 0.717) is 13.2 Å². The number of rotatable bonds is 2. The van der Waals surface area contributed by atoms with Crippen molar-refractivity contribution in [2.24, 2.45) is 11.7 Å². The second-order valence-corrected chi connectivity index (χ2v) is 5.51. The minimum Gasteiger partial charge on any atom is -0.379 e. The van der Waals surface area contributed by atoms with E-state index < -0.39 is 0 Å². The minimum absolute atomic E-state index is 0.117. The summed E-state index contributed by atoms with van der Waals surface area (Å²) in [5, 5.41) is 0. The number of benzene rings is 1. The molecule has 1 amide bonds. The fourth-order valence-electron chi connectivity index (χ4n) is 3.18. The first-order valence-electron chi connectivity index (χ1n) is 6.86. The van der Waals surface area contributed by atoms with Crippen molar-refractivity contribution in [1.29, 1.82) is 0 Å². The summed E-state index contributed by atoms with van der Waals surface area (Å²) in [6, 6.07) is 8.41. The van der Waals surface area contributed by atoms with Gasteiger partial charge in [0.2, 0.25) is 5.91 Å². The van der Waals surface area contributed by atoms with E-state index in [1.165, 1.54) is 11.1 Å². The topological polar surface area (TPSA) is 55.6 Å². The Morgan fingerprint density at radius 1 is 1.37 bits per heavy atom. The normalized spacial score (nSPS) is 29.3. The van der Waals surface area contributed by atoms with E-state index in [4.69, 9.17) is 10.5 Å². The van der Waals surface area contributed by atoms with Crippen LogP contribution in [0.3, 0.4) is 0 Å². The number of carbonyl (C=O) groups excluding carboxylic acids is 1. The molecule has 0 aromatic heterocycles. The van der Waals surface area contributed by atoms with Gasteiger partial charge in [0, 0.05) is 13.1 Å². The number of carbonyl (C=O) groups is 1. The average molecular weight is 260 g/mol. The number of hydrogen-bond acceptors (Lipinski definition) is 3. The zero-order chi connectivity index (χ0) is 13.4. The molecule has 102 valence electrons. The largest absolute Gasteiger partial charge is 0.379 e. The molecule has 2 aliphatic rings. The summed E-state index contributed by atoms with van der Waals surface area (Å²) < 4.78 is 5.30. The quantitative estimate of drug-likeness (QED) is 0.866. The smallest absolute Gasteiger partial charge is 0.229 e. The Hall–Kier alpha value is -1.39. The van der Waals surface area contributed by atoms with E-state index in [9.17, 15) is 4.79 Å². The van der Waals surface area contributed by atoms with Crippen LogP contribution < -0.4 is 5.73 Å². The number of amides is 1. The lowest BCUT2D eigenvalue weighted by Crippen LogP contribution is -2.43. The summed E-state index contributed by atoms with van der Waals surface area (Å²) in [4.78, 5) is 14.4. The van der Waals surface area contributed by atoms with E-state index in [2.05, 4.69) is 18.2 Å². The van der Waals surface area contributed by atoms with Crippen molar-refractivity contribution >= 4 is 5.91 Å². The van der Waals surface area contributed by atoms with Gasteiger partial charge in [0.1, 0.15) is 0 Å². The maximum atomic E-state index is 12.5. The SMILES string of the molecule is CN(C(=O)C1COCC1N)C1CCc2ccccc21. The zero-order valence-electron chi connectivity index (χ0n) is 11.2. The Bertz CT molecular complexity index is 489. The zero-order valence-corrected chi connectivity index (χ0v) is 11.2. The van der Waals surface area contributed by atoms with Gasteiger partial charge in [0.25, 0.3) is 0 Å². The highest BCUT2D eigenvalue weighted by atomic mass is 16.5. The van der Waals surface area contributed by atoms with Crippen molar-refractivity contribution in [3.05, 3.63) is 35.4 Å². The van der Waals surface area contributed by atoms with Crippen molar-refractivity contribution in [3.8, 4) is 0 Å². The highest BCUT2D eigenvalue weighted by molar-refractivity contribution is 5.80. The van der Waals surface area contributed by atoms with Gasteiger partial charge in [-0.3, -0.25) is 4.79 Å².